The fraction of sp³-hybridized carbons (Fsp3) is 0.389. The van der Waals surface area contributed by atoms with E-state index in [0.717, 1.165) is 31.5 Å². The third-order valence-electron chi connectivity index (χ3n) is 4.03. The molecule has 1 aromatic heterocycles. The van der Waals surface area contributed by atoms with Gasteiger partial charge in [-0.15, -0.1) is 0 Å². The van der Waals surface area contributed by atoms with Crippen molar-refractivity contribution in [1.29, 1.82) is 0 Å². The molecule has 0 spiro atoms. The van der Waals surface area contributed by atoms with Gasteiger partial charge in [0.2, 0.25) is 17.7 Å². The van der Waals surface area contributed by atoms with Crippen LogP contribution in [0, 0.1) is 0 Å². The van der Waals surface area contributed by atoms with Crippen molar-refractivity contribution >= 4 is 11.8 Å². The Hall–Kier alpha value is -2.63. The highest BCUT2D eigenvalue weighted by atomic mass is 16.3. The van der Waals surface area contributed by atoms with Crippen LogP contribution in [0.5, 0.6) is 0 Å². The summed E-state index contributed by atoms with van der Waals surface area (Å²) in [5.41, 5.74) is 1.46. The molecule has 1 fully saturated rings. The summed E-state index contributed by atoms with van der Waals surface area (Å²) >= 11 is 0. The molecule has 6 heteroatoms. The minimum atomic E-state index is -0.155. The molecule has 0 atom stereocenters. The van der Waals surface area contributed by atoms with Crippen molar-refractivity contribution in [2.24, 2.45) is 0 Å². The van der Waals surface area contributed by atoms with Gasteiger partial charge in [-0.1, -0.05) is 18.2 Å². The second kappa shape index (κ2) is 7.77. The van der Waals surface area contributed by atoms with E-state index in [0.29, 0.717) is 24.6 Å². The highest BCUT2D eigenvalue weighted by Gasteiger charge is 2.17. The van der Waals surface area contributed by atoms with Crippen LogP contribution in [0.25, 0.3) is 11.5 Å². The fourth-order valence-electron chi connectivity index (χ4n) is 2.76. The van der Waals surface area contributed by atoms with Crippen molar-refractivity contribution in [3.8, 4) is 11.5 Å². The third-order valence-corrected chi connectivity index (χ3v) is 4.03. The minimum Gasteiger partial charge on any atom is -0.444 e. The van der Waals surface area contributed by atoms with Crippen LogP contribution in [0.2, 0.25) is 0 Å². The van der Waals surface area contributed by atoms with Crippen LogP contribution in [-0.4, -0.2) is 41.3 Å². The van der Waals surface area contributed by atoms with Crippen molar-refractivity contribution in [3.05, 3.63) is 42.3 Å². The van der Waals surface area contributed by atoms with Gasteiger partial charge < -0.3 is 14.6 Å². The molecule has 0 bridgehead atoms. The summed E-state index contributed by atoms with van der Waals surface area (Å²) in [5.74, 6) is 0.459. The van der Waals surface area contributed by atoms with Gasteiger partial charge in [-0.05, 0) is 25.0 Å². The predicted octanol–water partition coefficient (Wildman–Crippen LogP) is 2.01. The van der Waals surface area contributed by atoms with Crippen molar-refractivity contribution in [3.63, 3.8) is 0 Å². The molecule has 0 saturated carbocycles. The van der Waals surface area contributed by atoms with Crippen molar-refractivity contribution in [2.75, 3.05) is 19.6 Å². The van der Waals surface area contributed by atoms with Gasteiger partial charge in [-0.3, -0.25) is 9.59 Å². The van der Waals surface area contributed by atoms with Crippen LogP contribution in [0.1, 0.15) is 25.0 Å². The maximum absolute atomic E-state index is 11.9. The molecule has 1 aromatic carbocycles. The molecule has 1 aliphatic rings. The Bertz CT molecular complexity index is 691. The summed E-state index contributed by atoms with van der Waals surface area (Å²) in [6.07, 6.45) is 4.15. The second-order valence-corrected chi connectivity index (χ2v) is 5.87. The van der Waals surface area contributed by atoms with Gasteiger partial charge in [0.1, 0.15) is 6.26 Å². The van der Waals surface area contributed by atoms with E-state index in [9.17, 15) is 9.59 Å². The molecule has 2 aromatic rings. The van der Waals surface area contributed by atoms with Crippen LogP contribution in [0.15, 0.2) is 41.0 Å². The molecule has 24 heavy (non-hydrogen) atoms. The second-order valence-electron chi connectivity index (χ2n) is 5.87. The van der Waals surface area contributed by atoms with Crippen LogP contribution >= 0.6 is 0 Å². The zero-order valence-electron chi connectivity index (χ0n) is 13.5. The smallest absolute Gasteiger partial charge is 0.226 e. The Morgan fingerprint density at radius 1 is 1.17 bits per heavy atom. The SMILES string of the molecule is O=C(Cc1coc(-c2ccccc2)n1)NCCC(=O)N1CCCC1. The molecule has 0 radical (unpaired) electrons. The van der Waals surface area contributed by atoms with Gasteiger partial charge in [0, 0.05) is 31.6 Å². The van der Waals surface area contributed by atoms with E-state index in [4.69, 9.17) is 4.42 Å². The van der Waals surface area contributed by atoms with E-state index in [1.54, 1.807) is 0 Å². The molecule has 0 aliphatic carbocycles. The summed E-state index contributed by atoms with van der Waals surface area (Å²) in [6.45, 7) is 2.04. The number of rotatable bonds is 6. The first-order valence-corrected chi connectivity index (χ1v) is 8.26. The van der Waals surface area contributed by atoms with Gasteiger partial charge in [0.25, 0.3) is 0 Å². The molecular formula is C18H21N3O3. The van der Waals surface area contributed by atoms with E-state index < -0.39 is 0 Å². The van der Waals surface area contributed by atoms with Gasteiger partial charge in [0.05, 0.1) is 12.1 Å². The van der Waals surface area contributed by atoms with Crippen molar-refractivity contribution in [2.45, 2.75) is 25.7 Å². The fourth-order valence-corrected chi connectivity index (χ4v) is 2.76. The van der Waals surface area contributed by atoms with Crippen molar-refractivity contribution in [1.82, 2.24) is 15.2 Å². The number of nitrogens with zero attached hydrogens (tertiary/aromatic N) is 2. The standard InChI is InChI=1S/C18H21N3O3/c22-16(19-9-8-17(23)21-10-4-5-11-21)12-15-13-24-18(20-15)14-6-2-1-3-7-14/h1-3,6-7,13H,4-5,8-12H2,(H,19,22). The molecule has 2 heterocycles. The Morgan fingerprint density at radius 2 is 1.92 bits per heavy atom. The number of likely N-dealkylation sites (tertiary alicyclic amines) is 1. The molecule has 6 nitrogen and oxygen atoms in total. The van der Waals surface area contributed by atoms with Crippen LogP contribution in [0.3, 0.4) is 0 Å². The monoisotopic (exact) mass is 327 g/mol. The van der Waals surface area contributed by atoms with Gasteiger partial charge in [-0.25, -0.2) is 4.98 Å². The number of nitrogens with one attached hydrogen (secondary N) is 1. The van der Waals surface area contributed by atoms with E-state index in [1.165, 1.54) is 6.26 Å². The zero-order chi connectivity index (χ0) is 16.8. The summed E-state index contributed by atoms with van der Waals surface area (Å²) in [6, 6.07) is 9.54. The number of carbonyl (C=O) groups is 2. The minimum absolute atomic E-state index is 0.112. The van der Waals surface area contributed by atoms with Crippen LogP contribution < -0.4 is 5.32 Å². The molecule has 1 aliphatic heterocycles. The van der Waals surface area contributed by atoms with E-state index in [1.807, 2.05) is 35.2 Å². The van der Waals surface area contributed by atoms with Gasteiger partial charge in [0.15, 0.2) is 0 Å². The Balaban J connectivity index is 1.43. The Morgan fingerprint density at radius 3 is 2.67 bits per heavy atom. The highest BCUT2D eigenvalue weighted by molar-refractivity contribution is 5.80. The lowest BCUT2D eigenvalue weighted by atomic mass is 10.2. The Kier molecular flexibility index (Phi) is 5.25. The number of hydrogen-bond donors (Lipinski definition) is 1. The summed E-state index contributed by atoms with van der Waals surface area (Å²) in [7, 11) is 0. The molecule has 0 unspecified atom stereocenters. The summed E-state index contributed by atoms with van der Waals surface area (Å²) < 4.78 is 5.41. The van der Waals surface area contributed by atoms with Crippen molar-refractivity contribution < 1.29 is 14.0 Å². The lowest BCUT2D eigenvalue weighted by molar-refractivity contribution is -0.130. The topological polar surface area (TPSA) is 75.4 Å². The van der Waals surface area contributed by atoms with Crippen LogP contribution in [0.4, 0.5) is 0 Å². The van der Waals surface area contributed by atoms with E-state index in [-0.39, 0.29) is 18.2 Å². The molecule has 2 amide bonds. The predicted molar refractivity (Wildman–Crippen MR) is 89.1 cm³/mol. The first-order valence-electron chi connectivity index (χ1n) is 8.26. The van der Waals surface area contributed by atoms with E-state index in [2.05, 4.69) is 10.3 Å². The van der Waals surface area contributed by atoms with Gasteiger partial charge >= 0.3 is 0 Å². The number of aromatic nitrogens is 1. The first kappa shape index (κ1) is 16.2. The molecule has 3 rings (SSSR count). The lowest BCUT2D eigenvalue weighted by Crippen LogP contribution is -2.33. The Labute approximate surface area is 140 Å². The average molecular weight is 327 g/mol. The normalized spacial score (nSPS) is 13.9. The maximum Gasteiger partial charge on any atom is 0.226 e. The maximum atomic E-state index is 11.9. The third kappa shape index (κ3) is 4.22. The zero-order valence-corrected chi connectivity index (χ0v) is 13.5. The molecule has 1 N–H and O–H groups in total. The number of benzene rings is 1. The number of hydrogen-bond acceptors (Lipinski definition) is 4. The highest BCUT2D eigenvalue weighted by Crippen LogP contribution is 2.18. The summed E-state index contributed by atoms with van der Waals surface area (Å²) in [5, 5.41) is 2.77. The molecule has 1 saturated heterocycles. The average Bonchev–Trinajstić information content (AvgIpc) is 3.27. The number of oxazole rings is 1. The quantitative estimate of drug-likeness (QED) is 0.880. The van der Waals surface area contributed by atoms with Crippen LogP contribution in [-0.2, 0) is 16.0 Å². The largest absolute Gasteiger partial charge is 0.444 e. The number of amides is 2. The molecule has 126 valence electrons. The lowest BCUT2D eigenvalue weighted by Gasteiger charge is -2.15. The summed E-state index contributed by atoms with van der Waals surface area (Å²) in [4.78, 5) is 30.0. The number of carbonyl (C=O) groups excluding carboxylic acids is 2. The first-order chi connectivity index (χ1) is 11.7. The molecular weight excluding hydrogens is 306 g/mol. The van der Waals surface area contributed by atoms with Gasteiger partial charge in [-0.2, -0.15) is 0 Å². The van der Waals surface area contributed by atoms with E-state index >= 15 is 0 Å².